The molecule has 3 rings (SSSR count). The molecular weight excluding hydrogens is 336 g/mol. The molecule has 94 valence electrons. The molecule has 1 aliphatic heterocycles. The molecule has 0 N–H and O–H groups in total. The molecule has 1 aromatic heterocycles. The van der Waals surface area contributed by atoms with Crippen LogP contribution in [0.1, 0.15) is 6.42 Å². The van der Waals surface area contributed by atoms with E-state index in [4.69, 9.17) is 11.6 Å². The number of nitrogens with zero attached hydrogens (tertiary/aromatic N) is 2. The van der Waals surface area contributed by atoms with Crippen LogP contribution in [0.2, 0.25) is 5.02 Å². The van der Waals surface area contributed by atoms with Gasteiger partial charge in [-0.05, 0) is 24.1 Å². The SMILES string of the molecule is O=C1CC(CBr)CN1c1nc2ccc(Cl)cc2s1. The topological polar surface area (TPSA) is 33.2 Å². The van der Waals surface area contributed by atoms with Gasteiger partial charge in [-0.25, -0.2) is 4.98 Å². The highest BCUT2D eigenvalue weighted by Gasteiger charge is 2.31. The number of alkyl halides is 1. The van der Waals surface area contributed by atoms with E-state index >= 15 is 0 Å². The van der Waals surface area contributed by atoms with E-state index in [-0.39, 0.29) is 5.91 Å². The quantitative estimate of drug-likeness (QED) is 0.778. The first-order valence-electron chi connectivity index (χ1n) is 5.60. The number of carbonyl (C=O) groups excluding carboxylic acids is 1. The largest absolute Gasteiger partial charge is 0.288 e. The van der Waals surface area contributed by atoms with Gasteiger partial charge in [0.15, 0.2) is 5.13 Å². The van der Waals surface area contributed by atoms with E-state index in [1.54, 1.807) is 4.90 Å². The average Bonchev–Trinajstić information content (AvgIpc) is 2.91. The maximum Gasteiger partial charge on any atom is 0.229 e. The normalized spacial score (nSPS) is 20.0. The maximum absolute atomic E-state index is 11.9. The molecule has 0 aliphatic carbocycles. The van der Waals surface area contributed by atoms with Gasteiger partial charge in [-0.1, -0.05) is 38.9 Å². The van der Waals surface area contributed by atoms with Crippen molar-refractivity contribution in [2.75, 3.05) is 16.8 Å². The van der Waals surface area contributed by atoms with Crippen molar-refractivity contribution < 1.29 is 4.79 Å². The lowest BCUT2D eigenvalue weighted by Gasteiger charge is -2.11. The van der Waals surface area contributed by atoms with Gasteiger partial charge in [-0.15, -0.1) is 0 Å². The molecule has 1 aliphatic rings. The third-order valence-electron chi connectivity index (χ3n) is 2.99. The van der Waals surface area contributed by atoms with Gasteiger partial charge in [0.2, 0.25) is 5.91 Å². The van der Waals surface area contributed by atoms with E-state index in [1.165, 1.54) is 11.3 Å². The third kappa shape index (κ3) is 2.15. The minimum atomic E-state index is 0.157. The second-order valence-corrected chi connectivity index (χ2v) is 6.43. The number of fused-ring (bicyclic) bond motifs is 1. The number of hydrogen-bond donors (Lipinski definition) is 0. The number of anilines is 1. The highest BCUT2D eigenvalue weighted by atomic mass is 79.9. The zero-order valence-corrected chi connectivity index (χ0v) is 12.6. The van der Waals surface area contributed by atoms with E-state index in [0.29, 0.717) is 17.4 Å². The van der Waals surface area contributed by atoms with Gasteiger partial charge in [0.25, 0.3) is 0 Å². The highest BCUT2D eigenvalue weighted by Crippen LogP contribution is 2.34. The molecule has 18 heavy (non-hydrogen) atoms. The van der Waals surface area contributed by atoms with Crippen molar-refractivity contribution in [3.8, 4) is 0 Å². The Morgan fingerprint density at radius 3 is 3.11 bits per heavy atom. The van der Waals surface area contributed by atoms with Crippen LogP contribution in [0.4, 0.5) is 5.13 Å². The molecule has 1 atom stereocenters. The van der Waals surface area contributed by atoms with Gasteiger partial charge >= 0.3 is 0 Å². The van der Waals surface area contributed by atoms with Gasteiger partial charge in [-0.3, -0.25) is 9.69 Å². The summed E-state index contributed by atoms with van der Waals surface area (Å²) in [7, 11) is 0. The molecule has 0 radical (unpaired) electrons. The van der Waals surface area contributed by atoms with Crippen LogP contribution in [0.15, 0.2) is 18.2 Å². The Morgan fingerprint density at radius 1 is 1.56 bits per heavy atom. The van der Waals surface area contributed by atoms with Crippen LogP contribution in [0.25, 0.3) is 10.2 Å². The second kappa shape index (κ2) is 4.79. The maximum atomic E-state index is 11.9. The monoisotopic (exact) mass is 344 g/mol. The summed E-state index contributed by atoms with van der Waals surface area (Å²) in [6, 6.07) is 5.60. The van der Waals surface area contributed by atoms with Gasteiger partial charge in [0.05, 0.1) is 10.2 Å². The molecule has 1 saturated heterocycles. The molecule has 1 aromatic carbocycles. The van der Waals surface area contributed by atoms with E-state index in [1.807, 2.05) is 18.2 Å². The number of amides is 1. The first-order valence-corrected chi connectivity index (χ1v) is 7.91. The van der Waals surface area contributed by atoms with Gasteiger partial charge in [-0.2, -0.15) is 0 Å². The van der Waals surface area contributed by atoms with Crippen molar-refractivity contribution in [3.63, 3.8) is 0 Å². The Hall–Kier alpha value is -0.650. The van der Waals surface area contributed by atoms with E-state index in [0.717, 1.165) is 27.2 Å². The van der Waals surface area contributed by atoms with Crippen LogP contribution >= 0.6 is 38.9 Å². The summed E-state index contributed by atoms with van der Waals surface area (Å²) in [4.78, 5) is 18.2. The van der Waals surface area contributed by atoms with Crippen molar-refractivity contribution >= 4 is 60.1 Å². The number of thiazole rings is 1. The first-order chi connectivity index (χ1) is 8.67. The summed E-state index contributed by atoms with van der Waals surface area (Å²) in [6.07, 6.45) is 0.599. The average molecular weight is 346 g/mol. The van der Waals surface area contributed by atoms with Crippen molar-refractivity contribution in [1.82, 2.24) is 4.98 Å². The number of halogens is 2. The van der Waals surface area contributed by atoms with Crippen LogP contribution in [0, 0.1) is 5.92 Å². The van der Waals surface area contributed by atoms with Crippen molar-refractivity contribution in [1.29, 1.82) is 0 Å². The fourth-order valence-electron chi connectivity index (χ4n) is 2.07. The lowest BCUT2D eigenvalue weighted by atomic mass is 10.2. The van der Waals surface area contributed by atoms with Crippen LogP contribution in [0.3, 0.4) is 0 Å². The number of carbonyl (C=O) groups is 1. The summed E-state index contributed by atoms with van der Waals surface area (Å²) in [6.45, 7) is 0.748. The number of benzene rings is 1. The molecular formula is C12H10BrClN2OS. The van der Waals surface area contributed by atoms with E-state index in [9.17, 15) is 4.79 Å². The van der Waals surface area contributed by atoms with Crippen LogP contribution in [-0.2, 0) is 4.79 Å². The number of rotatable bonds is 2. The zero-order chi connectivity index (χ0) is 12.7. The number of hydrogen-bond acceptors (Lipinski definition) is 3. The third-order valence-corrected chi connectivity index (χ3v) is 5.19. The zero-order valence-electron chi connectivity index (χ0n) is 9.40. The highest BCUT2D eigenvalue weighted by molar-refractivity contribution is 9.09. The Bertz CT molecular complexity index is 615. The van der Waals surface area contributed by atoms with Gasteiger partial charge < -0.3 is 0 Å². The van der Waals surface area contributed by atoms with Crippen molar-refractivity contribution in [2.24, 2.45) is 5.92 Å². The summed E-state index contributed by atoms with van der Waals surface area (Å²) < 4.78 is 1.02. The Morgan fingerprint density at radius 2 is 2.39 bits per heavy atom. The molecule has 6 heteroatoms. The minimum absolute atomic E-state index is 0.157. The Labute approximate surface area is 122 Å². The molecule has 1 fully saturated rings. The fraction of sp³-hybridized carbons (Fsp3) is 0.333. The van der Waals surface area contributed by atoms with Crippen molar-refractivity contribution in [3.05, 3.63) is 23.2 Å². The summed E-state index contributed by atoms with van der Waals surface area (Å²) in [5.41, 5.74) is 0.898. The molecule has 3 nitrogen and oxygen atoms in total. The standard InChI is InChI=1S/C12H10BrClN2OS/c13-5-7-3-11(17)16(6-7)12-15-9-2-1-8(14)4-10(9)18-12/h1-2,4,7H,3,5-6H2. The van der Waals surface area contributed by atoms with Crippen LogP contribution in [0.5, 0.6) is 0 Å². The number of aromatic nitrogens is 1. The second-order valence-electron chi connectivity index (χ2n) is 4.34. The molecule has 0 bridgehead atoms. The molecule has 2 aromatic rings. The van der Waals surface area contributed by atoms with Gasteiger partial charge in [0, 0.05) is 23.3 Å². The Kier molecular flexibility index (Phi) is 3.30. The van der Waals surface area contributed by atoms with E-state index < -0.39 is 0 Å². The van der Waals surface area contributed by atoms with E-state index in [2.05, 4.69) is 20.9 Å². The predicted octanol–water partition coefficient (Wildman–Crippen LogP) is 3.70. The minimum Gasteiger partial charge on any atom is -0.288 e. The predicted molar refractivity (Wildman–Crippen MR) is 78.9 cm³/mol. The smallest absolute Gasteiger partial charge is 0.229 e. The molecule has 2 heterocycles. The van der Waals surface area contributed by atoms with Crippen molar-refractivity contribution in [2.45, 2.75) is 6.42 Å². The molecule has 1 amide bonds. The fourth-order valence-corrected chi connectivity index (χ4v) is 3.77. The lowest BCUT2D eigenvalue weighted by molar-refractivity contribution is -0.117. The molecule has 0 spiro atoms. The van der Waals surface area contributed by atoms with Gasteiger partial charge in [0.1, 0.15) is 0 Å². The Balaban J connectivity index is 1.97. The van der Waals surface area contributed by atoms with Crippen LogP contribution in [-0.4, -0.2) is 22.8 Å². The summed E-state index contributed by atoms with van der Waals surface area (Å²) >= 11 is 10.9. The molecule has 0 saturated carbocycles. The molecule has 1 unspecified atom stereocenters. The lowest BCUT2D eigenvalue weighted by Crippen LogP contribution is -2.24. The first kappa shape index (κ1) is 12.4. The summed E-state index contributed by atoms with van der Waals surface area (Å²) in [5, 5.41) is 2.33. The van der Waals surface area contributed by atoms with Crippen LogP contribution < -0.4 is 4.90 Å². The summed E-state index contributed by atoms with van der Waals surface area (Å²) in [5.74, 6) is 0.540.